The molecule has 108 valence electrons. The van der Waals surface area contributed by atoms with E-state index in [1.54, 1.807) is 0 Å². The van der Waals surface area contributed by atoms with Crippen molar-refractivity contribution in [3.05, 3.63) is 0 Å². The second kappa shape index (κ2) is 13.0. The fraction of sp³-hybridized carbons (Fsp3) is 0.800. The van der Waals surface area contributed by atoms with Crippen molar-refractivity contribution in [2.24, 2.45) is 9.98 Å². The lowest BCUT2D eigenvalue weighted by Crippen LogP contribution is -2.25. The predicted octanol–water partition coefficient (Wildman–Crippen LogP) is -1.66. The topological polar surface area (TPSA) is 127 Å². The van der Waals surface area contributed by atoms with Crippen LogP contribution in [-0.2, 0) is 23.8 Å². The molecule has 0 aliphatic heterocycles. The van der Waals surface area contributed by atoms with E-state index in [4.69, 9.17) is 24.4 Å². The third-order valence-corrected chi connectivity index (χ3v) is 1.72. The minimum Gasteiger partial charge on any atom is -0.394 e. The zero-order valence-corrected chi connectivity index (χ0v) is 10.2. The molecular formula is C10H16N2O7. The number of carbonyl (C=O) groups excluding carboxylic acids is 2. The summed E-state index contributed by atoms with van der Waals surface area (Å²) < 4.78 is 15.0. The van der Waals surface area contributed by atoms with Crippen molar-refractivity contribution >= 4 is 12.2 Å². The van der Waals surface area contributed by atoms with Crippen LogP contribution in [0.2, 0.25) is 0 Å². The van der Waals surface area contributed by atoms with Gasteiger partial charge >= 0.3 is 0 Å². The molecule has 0 bridgehead atoms. The molecule has 0 fully saturated rings. The molecule has 0 aliphatic rings. The van der Waals surface area contributed by atoms with Crippen LogP contribution in [0.3, 0.4) is 0 Å². The van der Waals surface area contributed by atoms with Crippen molar-refractivity contribution in [1.82, 2.24) is 0 Å². The van der Waals surface area contributed by atoms with Crippen LogP contribution in [0.1, 0.15) is 0 Å². The van der Waals surface area contributed by atoms with Crippen molar-refractivity contribution in [1.29, 1.82) is 0 Å². The number of isocyanates is 2. The third-order valence-electron chi connectivity index (χ3n) is 1.72. The number of ether oxygens (including phenoxy) is 3. The lowest BCUT2D eigenvalue weighted by molar-refractivity contribution is -0.0605. The zero-order valence-electron chi connectivity index (χ0n) is 10.2. The molecule has 0 spiro atoms. The van der Waals surface area contributed by atoms with Gasteiger partial charge < -0.3 is 24.4 Å². The van der Waals surface area contributed by atoms with Gasteiger partial charge in [0.15, 0.2) is 12.5 Å². The first kappa shape index (κ1) is 17.6. The molecule has 0 rings (SSSR count). The Balaban J connectivity index is 4.04. The highest BCUT2D eigenvalue weighted by molar-refractivity contribution is 5.33. The molecule has 2 N–H and O–H groups in total. The number of nitrogens with zero attached hydrogens (tertiary/aromatic N) is 2. The number of rotatable bonds is 12. The van der Waals surface area contributed by atoms with Gasteiger partial charge in [-0.25, -0.2) is 9.59 Å². The quantitative estimate of drug-likeness (QED) is 0.323. The Kier molecular flexibility index (Phi) is 12.0. The smallest absolute Gasteiger partial charge is 0.237 e. The van der Waals surface area contributed by atoms with E-state index < -0.39 is 12.5 Å². The molecule has 2 unspecified atom stereocenters. The normalized spacial score (nSPS) is 13.2. The Morgan fingerprint density at radius 3 is 1.63 bits per heavy atom. The summed E-state index contributed by atoms with van der Waals surface area (Å²) in [5.74, 6) is 0. The summed E-state index contributed by atoms with van der Waals surface area (Å²) in [6, 6.07) is 0. The number of hydrogen-bond donors (Lipinski definition) is 2. The molecule has 0 amide bonds. The van der Waals surface area contributed by atoms with Crippen molar-refractivity contribution in [2.45, 2.75) is 12.5 Å². The first-order valence-corrected chi connectivity index (χ1v) is 5.45. The molecule has 0 aromatic carbocycles. The molecule has 0 radical (unpaired) electrons. The number of hydrogen-bond acceptors (Lipinski definition) is 9. The summed E-state index contributed by atoms with van der Waals surface area (Å²) in [5.41, 5.74) is 0. The molecule has 0 saturated heterocycles. The Bertz CT molecular complexity index is 283. The zero-order chi connectivity index (χ0) is 14.3. The minimum absolute atomic E-state index is 0.00383. The van der Waals surface area contributed by atoms with Gasteiger partial charge in [0.05, 0.1) is 39.6 Å². The van der Waals surface area contributed by atoms with E-state index in [-0.39, 0.29) is 39.6 Å². The van der Waals surface area contributed by atoms with Crippen LogP contribution < -0.4 is 0 Å². The highest BCUT2D eigenvalue weighted by Gasteiger charge is 2.11. The second-order valence-corrected chi connectivity index (χ2v) is 3.08. The van der Waals surface area contributed by atoms with Crippen molar-refractivity contribution in [2.75, 3.05) is 39.6 Å². The maximum Gasteiger partial charge on any atom is 0.237 e. The van der Waals surface area contributed by atoms with Crippen LogP contribution in [0.5, 0.6) is 0 Å². The standard InChI is InChI=1S/C10H16N2O7/c13-1-3-18-9(11-7-15)5-17-6-10(12-8-16)19-4-2-14/h9-10,13-14H,1-6H2. The third kappa shape index (κ3) is 10.2. The van der Waals surface area contributed by atoms with E-state index in [9.17, 15) is 9.59 Å². The Morgan fingerprint density at radius 1 is 0.895 bits per heavy atom. The second-order valence-electron chi connectivity index (χ2n) is 3.08. The average molecular weight is 276 g/mol. The average Bonchev–Trinajstić information content (AvgIpc) is 2.42. The van der Waals surface area contributed by atoms with Gasteiger partial charge in [-0.15, -0.1) is 0 Å². The first-order valence-electron chi connectivity index (χ1n) is 5.45. The van der Waals surface area contributed by atoms with Gasteiger partial charge in [0.25, 0.3) is 0 Å². The number of aliphatic hydroxyl groups is 2. The van der Waals surface area contributed by atoms with E-state index >= 15 is 0 Å². The summed E-state index contributed by atoms with van der Waals surface area (Å²) in [4.78, 5) is 26.8. The monoisotopic (exact) mass is 276 g/mol. The summed E-state index contributed by atoms with van der Waals surface area (Å²) in [7, 11) is 0. The Hall–Kier alpha value is -1.44. The van der Waals surface area contributed by atoms with E-state index in [1.165, 1.54) is 12.2 Å². The summed E-state index contributed by atoms with van der Waals surface area (Å²) in [6.45, 7) is -0.636. The van der Waals surface area contributed by atoms with Crippen molar-refractivity contribution in [3.8, 4) is 0 Å². The van der Waals surface area contributed by atoms with Crippen LogP contribution in [0.25, 0.3) is 0 Å². The number of aliphatic imine (C=N–C) groups is 2. The molecule has 0 aliphatic carbocycles. The fourth-order valence-corrected chi connectivity index (χ4v) is 1.01. The van der Waals surface area contributed by atoms with Gasteiger partial charge in [0.1, 0.15) is 0 Å². The molecule has 9 nitrogen and oxygen atoms in total. The highest BCUT2D eigenvalue weighted by Crippen LogP contribution is 1.99. The van der Waals surface area contributed by atoms with E-state index in [1.807, 2.05) is 0 Å². The largest absolute Gasteiger partial charge is 0.394 e. The highest BCUT2D eigenvalue weighted by atomic mass is 16.6. The molecule has 0 aromatic rings. The first-order chi connectivity index (χ1) is 9.28. The van der Waals surface area contributed by atoms with Gasteiger partial charge in [-0.2, -0.15) is 9.98 Å². The lowest BCUT2D eigenvalue weighted by atomic mass is 10.5. The van der Waals surface area contributed by atoms with Crippen molar-refractivity contribution < 1.29 is 34.0 Å². The van der Waals surface area contributed by atoms with E-state index in [0.29, 0.717) is 0 Å². The molecule has 2 atom stereocenters. The lowest BCUT2D eigenvalue weighted by Gasteiger charge is -2.14. The predicted molar refractivity (Wildman–Crippen MR) is 60.7 cm³/mol. The molecule has 0 aromatic heterocycles. The molecule has 9 heteroatoms. The van der Waals surface area contributed by atoms with Crippen molar-refractivity contribution in [3.63, 3.8) is 0 Å². The molecule has 0 saturated carbocycles. The summed E-state index contributed by atoms with van der Waals surface area (Å²) in [5, 5.41) is 17.1. The van der Waals surface area contributed by atoms with E-state index in [0.717, 1.165) is 0 Å². The van der Waals surface area contributed by atoms with Crippen LogP contribution in [-0.4, -0.2) is 74.5 Å². The summed E-state index contributed by atoms with van der Waals surface area (Å²) in [6.07, 6.45) is 0.826. The number of aliphatic hydroxyl groups excluding tert-OH is 2. The maximum atomic E-state index is 10.1. The van der Waals surface area contributed by atoms with Gasteiger partial charge in [-0.3, -0.25) is 0 Å². The Morgan fingerprint density at radius 2 is 1.32 bits per heavy atom. The molecular weight excluding hydrogens is 260 g/mol. The van der Waals surface area contributed by atoms with Gasteiger partial charge in [-0.1, -0.05) is 0 Å². The molecule has 0 heterocycles. The SMILES string of the molecule is O=C=NC(COCC(N=C=O)OCCO)OCCO. The van der Waals surface area contributed by atoms with Crippen LogP contribution >= 0.6 is 0 Å². The van der Waals surface area contributed by atoms with Gasteiger partial charge in [0.2, 0.25) is 12.2 Å². The summed E-state index contributed by atoms with van der Waals surface area (Å²) >= 11 is 0. The van der Waals surface area contributed by atoms with Gasteiger partial charge in [0, 0.05) is 0 Å². The molecule has 19 heavy (non-hydrogen) atoms. The minimum atomic E-state index is -0.900. The van der Waals surface area contributed by atoms with E-state index in [2.05, 4.69) is 9.98 Å². The maximum absolute atomic E-state index is 10.1. The Labute approximate surface area is 109 Å². The van der Waals surface area contributed by atoms with Crippen LogP contribution in [0.15, 0.2) is 9.98 Å². The van der Waals surface area contributed by atoms with Crippen LogP contribution in [0.4, 0.5) is 0 Å². The van der Waals surface area contributed by atoms with Crippen LogP contribution in [0, 0.1) is 0 Å². The van der Waals surface area contributed by atoms with Gasteiger partial charge in [-0.05, 0) is 0 Å². The fourth-order valence-electron chi connectivity index (χ4n) is 1.01.